The zero-order chi connectivity index (χ0) is 18.1. The molecule has 0 saturated carbocycles. The summed E-state index contributed by atoms with van der Waals surface area (Å²) < 4.78 is 5.48. The van der Waals surface area contributed by atoms with Crippen LogP contribution in [0, 0.1) is 5.41 Å². The lowest BCUT2D eigenvalue weighted by Crippen LogP contribution is -2.47. The second kappa shape index (κ2) is 6.83. The molecule has 6 heteroatoms. The molecule has 2 aromatic rings. The van der Waals surface area contributed by atoms with Crippen LogP contribution in [0.3, 0.4) is 0 Å². The van der Waals surface area contributed by atoms with Gasteiger partial charge in [-0.25, -0.2) is 4.98 Å². The number of thiazole rings is 1. The van der Waals surface area contributed by atoms with E-state index in [2.05, 4.69) is 4.98 Å². The molecule has 0 aliphatic carbocycles. The zero-order valence-corrected chi connectivity index (χ0v) is 15.6. The van der Waals surface area contributed by atoms with Crippen LogP contribution in [0.25, 0.3) is 0 Å². The average molecular weight is 370 g/mol. The van der Waals surface area contributed by atoms with Crippen molar-refractivity contribution in [1.82, 2.24) is 9.88 Å². The maximum absolute atomic E-state index is 13.0. The highest BCUT2D eigenvalue weighted by Crippen LogP contribution is 2.52. The summed E-state index contributed by atoms with van der Waals surface area (Å²) in [5.74, 6) is -0.231. The van der Waals surface area contributed by atoms with Crippen molar-refractivity contribution in [2.75, 3.05) is 6.61 Å². The molecule has 2 aliphatic rings. The first-order valence-corrected chi connectivity index (χ1v) is 10.0. The van der Waals surface area contributed by atoms with Gasteiger partial charge >= 0.3 is 5.97 Å². The Morgan fingerprint density at radius 3 is 2.81 bits per heavy atom. The second-order valence-electron chi connectivity index (χ2n) is 7.08. The molecular weight excluding hydrogens is 348 g/mol. The molecule has 1 aromatic heterocycles. The van der Waals surface area contributed by atoms with Gasteiger partial charge in [-0.3, -0.25) is 9.59 Å². The lowest BCUT2D eigenvalue weighted by molar-refractivity contribution is -0.157. The molecule has 1 aromatic carbocycles. The van der Waals surface area contributed by atoms with Gasteiger partial charge in [0.2, 0.25) is 0 Å². The third-order valence-corrected chi connectivity index (χ3v) is 6.26. The molecule has 5 nitrogen and oxygen atoms in total. The Hall–Kier alpha value is -2.21. The Morgan fingerprint density at radius 1 is 1.31 bits per heavy atom. The number of carbonyl (C=O) groups is 2. The first-order chi connectivity index (χ1) is 12.7. The van der Waals surface area contributed by atoms with Crippen LogP contribution in [-0.2, 0) is 16.0 Å². The van der Waals surface area contributed by atoms with Gasteiger partial charge in [-0.1, -0.05) is 30.3 Å². The molecule has 0 radical (unpaired) electrons. The summed E-state index contributed by atoms with van der Waals surface area (Å²) in [7, 11) is 0. The first kappa shape index (κ1) is 17.2. The van der Waals surface area contributed by atoms with Crippen molar-refractivity contribution in [2.45, 2.75) is 44.7 Å². The van der Waals surface area contributed by atoms with E-state index in [0.29, 0.717) is 25.1 Å². The second-order valence-corrected chi connectivity index (χ2v) is 7.79. The number of benzene rings is 1. The summed E-state index contributed by atoms with van der Waals surface area (Å²) in [5, 5.41) is 1.78. The van der Waals surface area contributed by atoms with Gasteiger partial charge in [-0.15, -0.1) is 11.3 Å². The average Bonchev–Trinajstić information content (AvgIpc) is 3.38. The van der Waals surface area contributed by atoms with Crippen LogP contribution in [0.1, 0.15) is 42.2 Å². The van der Waals surface area contributed by atoms with Gasteiger partial charge in [-0.05, 0) is 38.2 Å². The number of fused-ring (bicyclic) bond motifs is 2. The van der Waals surface area contributed by atoms with Gasteiger partial charge < -0.3 is 9.64 Å². The van der Waals surface area contributed by atoms with E-state index in [4.69, 9.17) is 4.74 Å². The van der Waals surface area contributed by atoms with Crippen molar-refractivity contribution in [2.24, 2.45) is 5.41 Å². The molecule has 136 valence electrons. The predicted octanol–water partition coefficient (Wildman–Crippen LogP) is 3.31. The van der Waals surface area contributed by atoms with Crippen molar-refractivity contribution < 1.29 is 14.3 Å². The highest BCUT2D eigenvalue weighted by Gasteiger charge is 2.62. The van der Waals surface area contributed by atoms with Crippen molar-refractivity contribution in [3.63, 3.8) is 0 Å². The molecule has 26 heavy (non-hydrogen) atoms. The molecule has 2 fully saturated rings. The summed E-state index contributed by atoms with van der Waals surface area (Å²) in [5.41, 5.74) is 2.60. The summed E-state index contributed by atoms with van der Waals surface area (Å²) in [6, 6.07) is 9.99. The Balaban J connectivity index is 1.69. The number of hydrogen-bond acceptors (Lipinski definition) is 5. The SMILES string of the molecule is CCOC(=O)[C@@]1(Cc2ccccc2)C[C@H]2CC[C@@H]1N2C(=O)c1cscn1. The van der Waals surface area contributed by atoms with Crippen LogP contribution in [-0.4, -0.2) is 40.5 Å². The Kier molecular flexibility index (Phi) is 4.53. The quantitative estimate of drug-likeness (QED) is 0.758. The highest BCUT2D eigenvalue weighted by molar-refractivity contribution is 7.07. The van der Waals surface area contributed by atoms with Gasteiger partial charge in [-0.2, -0.15) is 0 Å². The number of rotatable bonds is 5. The summed E-state index contributed by atoms with van der Waals surface area (Å²) in [6.45, 7) is 2.19. The topological polar surface area (TPSA) is 59.5 Å². The normalized spacial score (nSPS) is 26.9. The number of hydrogen-bond donors (Lipinski definition) is 0. The maximum atomic E-state index is 13.0. The Bertz CT molecular complexity index is 793. The lowest BCUT2D eigenvalue weighted by atomic mass is 9.70. The number of ether oxygens (including phenoxy) is 1. The number of nitrogens with zero attached hydrogens (tertiary/aromatic N) is 2. The van der Waals surface area contributed by atoms with Gasteiger partial charge in [0, 0.05) is 17.5 Å². The van der Waals surface area contributed by atoms with Crippen molar-refractivity contribution in [3.8, 4) is 0 Å². The maximum Gasteiger partial charge on any atom is 0.314 e. The van der Waals surface area contributed by atoms with Crippen LogP contribution < -0.4 is 0 Å². The number of esters is 1. The highest BCUT2D eigenvalue weighted by atomic mass is 32.1. The van der Waals surface area contributed by atoms with Gasteiger partial charge in [0.15, 0.2) is 0 Å². The molecule has 0 spiro atoms. The Morgan fingerprint density at radius 2 is 2.12 bits per heavy atom. The predicted molar refractivity (Wildman–Crippen MR) is 98.9 cm³/mol. The number of carbonyl (C=O) groups excluding carboxylic acids is 2. The van der Waals surface area contributed by atoms with E-state index in [1.165, 1.54) is 11.3 Å². The summed E-state index contributed by atoms with van der Waals surface area (Å²) >= 11 is 1.42. The number of aromatic nitrogens is 1. The van der Waals surface area contributed by atoms with E-state index >= 15 is 0 Å². The third kappa shape index (κ3) is 2.72. The van der Waals surface area contributed by atoms with Crippen molar-refractivity contribution >= 4 is 23.2 Å². The van der Waals surface area contributed by atoms with E-state index in [9.17, 15) is 9.59 Å². The lowest BCUT2D eigenvalue weighted by Gasteiger charge is -2.35. The van der Waals surface area contributed by atoms with Gasteiger partial charge in [0.05, 0.1) is 17.5 Å². The van der Waals surface area contributed by atoms with Crippen LogP contribution in [0.5, 0.6) is 0 Å². The van der Waals surface area contributed by atoms with E-state index < -0.39 is 5.41 Å². The molecule has 3 heterocycles. The molecule has 2 bridgehead atoms. The largest absolute Gasteiger partial charge is 0.465 e. The molecule has 3 atom stereocenters. The van der Waals surface area contributed by atoms with Gasteiger partial charge in [0.25, 0.3) is 5.91 Å². The molecule has 0 unspecified atom stereocenters. The summed E-state index contributed by atoms with van der Waals surface area (Å²) in [4.78, 5) is 32.1. The van der Waals surface area contributed by atoms with E-state index in [1.807, 2.05) is 42.2 Å². The van der Waals surface area contributed by atoms with Crippen LogP contribution in [0.4, 0.5) is 0 Å². The van der Waals surface area contributed by atoms with Crippen molar-refractivity contribution in [1.29, 1.82) is 0 Å². The molecule has 2 aliphatic heterocycles. The van der Waals surface area contributed by atoms with E-state index in [0.717, 1.165) is 18.4 Å². The minimum absolute atomic E-state index is 0.0574. The minimum atomic E-state index is -0.661. The molecule has 0 N–H and O–H groups in total. The zero-order valence-electron chi connectivity index (χ0n) is 14.8. The van der Waals surface area contributed by atoms with E-state index in [-0.39, 0.29) is 24.0 Å². The van der Waals surface area contributed by atoms with Crippen LogP contribution in [0.15, 0.2) is 41.2 Å². The fraction of sp³-hybridized carbons (Fsp3) is 0.450. The molecule has 2 saturated heterocycles. The standard InChI is InChI=1S/C20H22N2O3S/c1-2-25-19(24)20(10-14-6-4-3-5-7-14)11-15-8-9-17(20)22(15)18(23)16-12-26-13-21-16/h3-7,12-13,15,17H,2,8-11H2,1H3/t15-,17+,20+/m1/s1. The van der Waals surface area contributed by atoms with E-state index in [1.54, 1.807) is 10.9 Å². The molecule has 4 rings (SSSR count). The fourth-order valence-corrected chi connectivity index (χ4v) is 5.18. The van der Waals surface area contributed by atoms with Crippen LogP contribution >= 0.6 is 11.3 Å². The Labute approximate surface area is 157 Å². The van der Waals surface area contributed by atoms with Crippen molar-refractivity contribution in [3.05, 3.63) is 52.5 Å². The third-order valence-electron chi connectivity index (χ3n) is 5.67. The van der Waals surface area contributed by atoms with Gasteiger partial charge in [0.1, 0.15) is 5.69 Å². The smallest absolute Gasteiger partial charge is 0.314 e. The number of amides is 1. The van der Waals surface area contributed by atoms with Crippen LogP contribution in [0.2, 0.25) is 0 Å². The molecular formula is C20H22N2O3S. The first-order valence-electron chi connectivity index (χ1n) is 9.07. The fourth-order valence-electron chi connectivity index (χ4n) is 4.66. The minimum Gasteiger partial charge on any atom is -0.465 e. The molecule has 1 amide bonds. The summed E-state index contributed by atoms with van der Waals surface area (Å²) in [6.07, 6.45) is 3.05. The monoisotopic (exact) mass is 370 g/mol.